The number of hydrazine groups is 1. The Morgan fingerprint density at radius 2 is 2.10 bits per heavy atom. The molecule has 0 radical (unpaired) electrons. The number of benzene rings is 1. The van der Waals surface area contributed by atoms with Crippen LogP contribution in [0.4, 0.5) is 4.39 Å². The molecule has 3 rings (SSSR count). The average Bonchev–Trinajstić information content (AvgIpc) is 2.84. The lowest BCUT2D eigenvalue weighted by Gasteiger charge is -2.28. The molecule has 104 valence electrons. The molecule has 0 bridgehead atoms. The Morgan fingerprint density at radius 1 is 1.30 bits per heavy atom. The van der Waals surface area contributed by atoms with E-state index < -0.39 is 0 Å². The molecular weight excluding hydrogens is 293 g/mol. The first-order chi connectivity index (χ1) is 9.72. The zero-order valence-corrected chi connectivity index (χ0v) is 12.4. The number of nitrogens with zero attached hydrogens (tertiary/aromatic N) is 2. The molecule has 1 saturated heterocycles. The van der Waals surface area contributed by atoms with Crippen LogP contribution in [0.2, 0.25) is 0 Å². The van der Waals surface area contributed by atoms with Crippen molar-refractivity contribution < 1.29 is 4.39 Å². The summed E-state index contributed by atoms with van der Waals surface area (Å²) >= 11 is 6.87. The van der Waals surface area contributed by atoms with Crippen LogP contribution in [0, 0.1) is 5.82 Å². The summed E-state index contributed by atoms with van der Waals surface area (Å²) < 4.78 is 12.9. The zero-order valence-electron chi connectivity index (χ0n) is 10.8. The van der Waals surface area contributed by atoms with Gasteiger partial charge in [-0.3, -0.25) is 5.01 Å². The van der Waals surface area contributed by atoms with Gasteiger partial charge in [-0.25, -0.2) is 14.8 Å². The second kappa shape index (κ2) is 6.03. The lowest BCUT2D eigenvalue weighted by Crippen LogP contribution is -2.45. The van der Waals surface area contributed by atoms with E-state index in [4.69, 9.17) is 12.2 Å². The SMILES string of the molecule is Fc1ccc(C=C2SC(N3CCCCN3)=NC2=S)cc1. The van der Waals surface area contributed by atoms with Crippen molar-refractivity contribution >= 4 is 40.2 Å². The third kappa shape index (κ3) is 3.08. The monoisotopic (exact) mass is 307 g/mol. The Kier molecular flexibility index (Phi) is 4.14. The standard InChI is InChI=1S/C14H14FN3S2/c15-11-5-3-10(4-6-11)9-12-13(19)17-14(20-12)18-8-2-1-7-16-18/h3-6,9,16H,1-2,7-8H2. The fourth-order valence-corrected chi connectivity index (χ4v) is 3.33. The molecule has 2 aliphatic rings. The van der Waals surface area contributed by atoms with Gasteiger partial charge in [0.05, 0.1) is 4.91 Å². The van der Waals surface area contributed by atoms with Crippen LogP contribution in [-0.2, 0) is 0 Å². The van der Waals surface area contributed by atoms with Crippen LogP contribution in [0.5, 0.6) is 0 Å². The Morgan fingerprint density at radius 3 is 2.80 bits per heavy atom. The molecule has 2 aliphatic heterocycles. The van der Waals surface area contributed by atoms with Gasteiger partial charge in [-0.05, 0) is 48.4 Å². The predicted octanol–water partition coefficient (Wildman–Crippen LogP) is 3.20. The highest BCUT2D eigenvalue weighted by atomic mass is 32.2. The van der Waals surface area contributed by atoms with Crippen molar-refractivity contribution in [2.45, 2.75) is 12.8 Å². The van der Waals surface area contributed by atoms with Crippen LogP contribution in [0.25, 0.3) is 6.08 Å². The molecule has 6 heteroatoms. The largest absolute Gasteiger partial charge is 0.286 e. The number of thiocarbonyl (C=S) groups is 1. The lowest BCUT2D eigenvalue weighted by atomic mass is 10.2. The third-order valence-electron chi connectivity index (χ3n) is 3.12. The minimum absolute atomic E-state index is 0.233. The maximum absolute atomic E-state index is 12.9. The molecule has 0 unspecified atom stereocenters. The van der Waals surface area contributed by atoms with Gasteiger partial charge < -0.3 is 0 Å². The highest BCUT2D eigenvalue weighted by Gasteiger charge is 2.24. The van der Waals surface area contributed by atoms with Crippen LogP contribution in [0.15, 0.2) is 34.2 Å². The van der Waals surface area contributed by atoms with Crippen molar-refractivity contribution in [2.75, 3.05) is 13.1 Å². The molecule has 0 aromatic heterocycles. The third-order valence-corrected chi connectivity index (χ3v) is 4.58. The smallest absolute Gasteiger partial charge is 0.184 e. The number of halogens is 1. The van der Waals surface area contributed by atoms with Crippen molar-refractivity contribution in [1.29, 1.82) is 0 Å². The number of thioether (sulfide) groups is 1. The van der Waals surface area contributed by atoms with Crippen LogP contribution in [-0.4, -0.2) is 28.3 Å². The zero-order chi connectivity index (χ0) is 13.9. The molecule has 2 heterocycles. The molecule has 3 nitrogen and oxygen atoms in total. The molecule has 0 amide bonds. The van der Waals surface area contributed by atoms with Gasteiger partial charge in [0.25, 0.3) is 0 Å². The van der Waals surface area contributed by atoms with E-state index in [2.05, 4.69) is 15.4 Å². The maximum Gasteiger partial charge on any atom is 0.184 e. The number of rotatable bonds is 1. The predicted molar refractivity (Wildman–Crippen MR) is 85.9 cm³/mol. The van der Waals surface area contributed by atoms with Gasteiger partial charge in [0, 0.05) is 13.1 Å². The summed E-state index contributed by atoms with van der Waals surface area (Å²) in [4.78, 5) is 5.98. The van der Waals surface area contributed by atoms with Crippen LogP contribution >= 0.6 is 24.0 Å². The van der Waals surface area contributed by atoms with E-state index in [9.17, 15) is 4.39 Å². The molecule has 1 aromatic carbocycles. The number of hydrogen-bond donors (Lipinski definition) is 1. The molecule has 0 spiro atoms. The average molecular weight is 307 g/mol. The van der Waals surface area contributed by atoms with Gasteiger partial charge >= 0.3 is 0 Å². The molecule has 1 fully saturated rings. The van der Waals surface area contributed by atoms with Gasteiger partial charge in [-0.15, -0.1) is 0 Å². The van der Waals surface area contributed by atoms with Crippen molar-refractivity contribution in [3.05, 3.63) is 40.6 Å². The summed E-state index contributed by atoms with van der Waals surface area (Å²) in [5.74, 6) is -0.233. The minimum Gasteiger partial charge on any atom is -0.286 e. The molecule has 1 N–H and O–H groups in total. The summed E-state index contributed by atoms with van der Waals surface area (Å²) in [6.07, 6.45) is 4.31. The molecule has 0 saturated carbocycles. The highest BCUT2D eigenvalue weighted by Crippen LogP contribution is 2.31. The van der Waals surface area contributed by atoms with E-state index in [0.29, 0.717) is 4.99 Å². The van der Waals surface area contributed by atoms with Crippen molar-refractivity contribution in [2.24, 2.45) is 4.99 Å². The van der Waals surface area contributed by atoms with Gasteiger partial charge in [-0.2, -0.15) is 0 Å². The summed E-state index contributed by atoms with van der Waals surface area (Å²) in [5.41, 5.74) is 4.25. The first kappa shape index (κ1) is 13.7. The molecular formula is C14H14FN3S2. The van der Waals surface area contributed by atoms with Crippen molar-refractivity contribution in [1.82, 2.24) is 10.4 Å². The number of hydrogen-bond acceptors (Lipinski definition) is 4. The second-order valence-corrected chi connectivity index (χ2v) is 6.02. The van der Waals surface area contributed by atoms with E-state index in [1.54, 1.807) is 23.9 Å². The molecule has 0 atom stereocenters. The van der Waals surface area contributed by atoms with E-state index in [1.165, 1.54) is 18.6 Å². The summed E-state index contributed by atoms with van der Waals surface area (Å²) in [7, 11) is 0. The first-order valence-electron chi connectivity index (χ1n) is 6.51. The topological polar surface area (TPSA) is 27.6 Å². The Balaban J connectivity index is 1.74. The Hall–Kier alpha value is -1.24. The fourth-order valence-electron chi connectivity index (χ4n) is 2.08. The lowest BCUT2D eigenvalue weighted by molar-refractivity contribution is 0.262. The number of aliphatic imine (C=N–C) groups is 1. The van der Waals surface area contributed by atoms with E-state index in [-0.39, 0.29) is 5.82 Å². The number of amidine groups is 1. The van der Waals surface area contributed by atoms with Crippen molar-refractivity contribution in [3.63, 3.8) is 0 Å². The van der Waals surface area contributed by atoms with Gasteiger partial charge in [0.15, 0.2) is 5.17 Å². The molecule has 1 aromatic rings. The second-order valence-electron chi connectivity index (χ2n) is 4.63. The molecule has 20 heavy (non-hydrogen) atoms. The normalized spacial score (nSPS) is 21.4. The van der Waals surface area contributed by atoms with E-state index >= 15 is 0 Å². The maximum atomic E-state index is 12.9. The van der Waals surface area contributed by atoms with Gasteiger partial charge in [0.2, 0.25) is 0 Å². The quantitative estimate of drug-likeness (QED) is 0.637. The first-order valence-corrected chi connectivity index (χ1v) is 7.74. The minimum atomic E-state index is -0.233. The van der Waals surface area contributed by atoms with Crippen LogP contribution in [0.1, 0.15) is 18.4 Å². The van der Waals surface area contributed by atoms with Crippen molar-refractivity contribution in [3.8, 4) is 0 Å². The van der Waals surface area contributed by atoms with Gasteiger partial charge in [0.1, 0.15) is 10.8 Å². The fraction of sp³-hybridized carbons (Fsp3) is 0.286. The van der Waals surface area contributed by atoms with Crippen LogP contribution in [0.3, 0.4) is 0 Å². The van der Waals surface area contributed by atoms with E-state index in [0.717, 1.165) is 35.1 Å². The van der Waals surface area contributed by atoms with Crippen LogP contribution < -0.4 is 5.43 Å². The highest BCUT2D eigenvalue weighted by molar-refractivity contribution is 8.19. The summed E-state index contributed by atoms with van der Waals surface area (Å²) in [5, 5.41) is 2.97. The molecule has 0 aliphatic carbocycles. The van der Waals surface area contributed by atoms with E-state index in [1.807, 2.05) is 6.08 Å². The number of nitrogens with one attached hydrogen (secondary N) is 1. The Bertz CT molecular complexity index is 575. The van der Waals surface area contributed by atoms with Gasteiger partial charge in [-0.1, -0.05) is 24.4 Å². The summed E-state index contributed by atoms with van der Waals surface area (Å²) in [6, 6.07) is 6.37. The Labute approximate surface area is 126 Å². The summed E-state index contributed by atoms with van der Waals surface area (Å²) in [6.45, 7) is 1.93.